The summed E-state index contributed by atoms with van der Waals surface area (Å²) < 4.78 is 34.8. The Morgan fingerprint density at radius 2 is 1.22 bits per heavy atom. The van der Waals surface area contributed by atoms with E-state index >= 15 is 0 Å². The van der Waals surface area contributed by atoms with E-state index in [0.29, 0.717) is 12.8 Å². The molecule has 7 fully saturated rings. The van der Waals surface area contributed by atoms with Gasteiger partial charge in [0.05, 0.1) is 18.8 Å². The van der Waals surface area contributed by atoms with Crippen LogP contribution in [0.3, 0.4) is 0 Å². The maximum Gasteiger partial charge on any atom is 0.335 e. The predicted octanol–water partition coefficient (Wildman–Crippen LogP) is -0.408. The van der Waals surface area contributed by atoms with E-state index in [1.807, 2.05) is 6.92 Å². The molecule has 19 nitrogen and oxygen atoms in total. The van der Waals surface area contributed by atoms with Crippen LogP contribution in [-0.2, 0) is 33.2 Å². The lowest BCUT2D eigenvalue weighted by Gasteiger charge is -2.72. The molecule has 25 unspecified atom stereocenters. The summed E-state index contributed by atoms with van der Waals surface area (Å²) in [7, 11) is 0. The summed E-state index contributed by atoms with van der Waals surface area (Å²) in [4.78, 5) is 12.4. The van der Waals surface area contributed by atoms with Gasteiger partial charge in [0.1, 0.15) is 54.9 Å². The molecular weight excluding hydrogens is 856 g/mol. The quantitative estimate of drug-likeness (QED) is 0.109. The highest BCUT2D eigenvalue weighted by atomic mass is 16.8. The Morgan fingerprint density at radius 3 is 1.85 bits per heavy atom. The zero-order valence-electron chi connectivity index (χ0n) is 38.4. The molecule has 0 spiro atoms. The van der Waals surface area contributed by atoms with Crippen LogP contribution in [0.2, 0.25) is 0 Å². The van der Waals surface area contributed by atoms with Gasteiger partial charge in [-0.25, -0.2) is 4.79 Å². The number of hydrogen-bond acceptors (Lipinski definition) is 18. The van der Waals surface area contributed by atoms with Gasteiger partial charge in [-0.2, -0.15) is 0 Å². The molecular formula is C46H74O19. The fourth-order valence-electron chi connectivity index (χ4n) is 14.7. The van der Waals surface area contributed by atoms with Crippen molar-refractivity contribution in [1.82, 2.24) is 0 Å². The summed E-state index contributed by atoms with van der Waals surface area (Å²) in [5.41, 5.74) is -0.167. The van der Waals surface area contributed by atoms with Crippen LogP contribution in [0.1, 0.15) is 106 Å². The molecule has 5 aliphatic carbocycles. The first-order chi connectivity index (χ1) is 30.2. The van der Waals surface area contributed by atoms with Crippen LogP contribution in [0.4, 0.5) is 0 Å². The van der Waals surface area contributed by atoms with Crippen molar-refractivity contribution in [3.63, 3.8) is 0 Å². The van der Waals surface area contributed by atoms with Crippen molar-refractivity contribution in [1.29, 1.82) is 0 Å². The molecule has 65 heavy (non-hydrogen) atoms. The number of aliphatic carboxylic acids is 1. The number of carbonyl (C=O) groups is 1. The second kappa shape index (κ2) is 17.1. The first-order valence-corrected chi connectivity index (χ1v) is 23.5. The predicted molar refractivity (Wildman–Crippen MR) is 222 cm³/mol. The van der Waals surface area contributed by atoms with Crippen LogP contribution >= 0.6 is 0 Å². The Morgan fingerprint density at radius 1 is 0.631 bits per heavy atom. The van der Waals surface area contributed by atoms with E-state index in [2.05, 4.69) is 47.6 Å². The minimum atomic E-state index is -2.14. The van der Waals surface area contributed by atoms with E-state index in [-0.39, 0.29) is 57.5 Å². The van der Waals surface area contributed by atoms with E-state index < -0.39 is 110 Å². The van der Waals surface area contributed by atoms with Crippen molar-refractivity contribution in [2.45, 2.75) is 211 Å². The van der Waals surface area contributed by atoms with Crippen LogP contribution in [0.5, 0.6) is 0 Å². The van der Waals surface area contributed by atoms with Gasteiger partial charge < -0.3 is 89.7 Å². The normalized spacial score (nSPS) is 56.6. The van der Waals surface area contributed by atoms with Gasteiger partial charge in [0.15, 0.2) is 37.6 Å². The zero-order chi connectivity index (χ0) is 47.7. The molecule has 8 aliphatic rings. The van der Waals surface area contributed by atoms with Crippen LogP contribution in [-0.4, -0.2) is 179 Å². The van der Waals surface area contributed by atoms with E-state index in [4.69, 9.17) is 28.4 Å². The van der Waals surface area contributed by atoms with Gasteiger partial charge in [-0.15, -0.1) is 0 Å². The number of carboxylic acid groups (broad SMARTS) is 1. The number of aliphatic hydroxyl groups is 11. The number of fused-ring (bicyclic) bond motifs is 7. The van der Waals surface area contributed by atoms with E-state index in [1.54, 1.807) is 0 Å². The number of hydrogen-bond donors (Lipinski definition) is 12. The Labute approximate surface area is 379 Å². The molecule has 19 heteroatoms. The third kappa shape index (κ3) is 7.70. The molecule has 0 aromatic rings. The summed E-state index contributed by atoms with van der Waals surface area (Å²) in [6.07, 6.45) is -21.7. The molecule has 12 N–H and O–H groups in total. The molecule has 0 radical (unpaired) electrons. The Bertz CT molecular complexity index is 1800. The number of ether oxygens (including phenoxy) is 6. The lowest BCUT2D eigenvalue weighted by molar-refractivity contribution is -0.417. The summed E-state index contributed by atoms with van der Waals surface area (Å²) in [6, 6.07) is 0. The second-order valence-electron chi connectivity index (χ2n) is 23.0. The zero-order valence-corrected chi connectivity index (χ0v) is 38.4. The number of allylic oxidation sites excluding steroid dienone is 2. The van der Waals surface area contributed by atoms with Gasteiger partial charge in [-0.1, -0.05) is 60.1 Å². The van der Waals surface area contributed by atoms with Gasteiger partial charge in [-0.05, 0) is 97.2 Å². The lowest BCUT2D eigenvalue weighted by Crippen LogP contribution is -2.68. The first-order valence-electron chi connectivity index (χ1n) is 23.5. The third-order valence-corrected chi connectivity index (χ3v) is 18.9. The average molecular weight is 931 g/mol. The molecule has 0 aromatic heterocycles. The third-order valence-electron chi connectivity index (χ3n) is 18.9. The van der Waals surface area contributed by atoms with E-state index in [0.717, 1.165) is 44.9 Å². The molecule has 25 atom stereocenters. The minimum Gasteiger partial charge on any atom is -0.479 e. The van der Waals surface area contributed by atoms with E-state index in [9.17, 15) is 66.1 Å². The Balaban J connectivity index is 1.07. The van der Waals surface area contributed by atoms with Crippen molar-refractivity contribution in [3.8, 4) is 0 Å². The fourth-order valence-corrected chi connectivity index (χ4v) is 14.7. The molecule has 0 amide bonds. The minimum absolute atomic E-state index is 0.00770. The maximum atomic E-state index is 12.4. The van der Waals surface area contributed by atoms with Crippen molar-refractivity contribution in [3.05, 3.63) is 11.6 Å². The van der Waals surface area contributed by atoms with Gasteiger partial charge in [0.25, 0.3) is 0 Å². The number of rotatable bonds is 8. The number of aliphatic hydroxyl groups excluding tert-OH is 11. The molecule has 0 aromatic carbocycles. The monoisotopic (exact) mass is 930 g/mol. The van der Waals surface area contributed by atoms with Crippen LogP contribution < -0.4 is 0 Å². The highest BCUT2D eigenvalue weighted by molar-refractivity contribution is 5.73. The van der Waals surface area contributed by atoms with Crippen LogP contribution in [0.15, 0.2) is 11.6 Å². The highest BCUT2D eigenvalue weighted by Crippen LogP contribution is 2.76. The molecule has 3 saturated heterocycles. The van der Waals surface area contributed by atoms with Gasteiger partial charge >= 0.3 is 5.97 Å². The molecule has 3 aliphatic heterocycles. The molecule has 0 bridgehead atoms. The summed E-state index contributed by atoms with van der Waals surface area (Å²) >= 11 is 0. The molecule has 3 heterocycles. The van der Waals surface area contributed by atoms with Crippen molar-refractivity contribution in [2.24, 2.45) is 50.2 Å². The average Bonchev–Trinajstić information content (AvgIpc) is 3.23. The Kier molecular flexibility index (Phi) is 13.2. The summed E-state index contributed by atoms with van der Waals surface area (Å²) in [5, 5.41) is 129. The van der Waals surface area contributed by atoms with Gasteiger partial charge in [0.2, 0.25) is 0 Å². The fraction of sp³-hybridized carbons (Fsp3) is 0.935. The van der Waals surface area contributed by atoms with Gasteiger partial charge in [-0.3, -0.25) is 0 Å². The molecule has 4 saturated carbocycles. The van der Waals surface area contributed by atoms with Crippen molar-refractivity contribution in [2.75, 3.05) is 6.61 Å². The van der Waals surface area contributed by atoms with Crippen molar-refractivity contribution >= 4 is 5.97 Å². The largest absolute Gasteiger partial charge is 0.479 e. The van der Waals surface area contributed by atoms with Crippen LogP contribution in [0, 0.1) is 50.2 Å². The standard InChI is InChI=1S/C46H74O19/c1-41(2)16-20-19-8-9-22-43(4)12-11-24(44(5,18-47)21(43)10-13-46(22,7)45(19,6)15-14-42(20,3)23(48)17-41)60-39-33(27(51)26(50)32(61-39)35(56)57)63-40-34(28(52)30(54)37(59)65-40)62-38-31(55)25(49)29(53)36(58)64-38/h8,20-34,36-40,47-55,58-59H,9-18H2,1-7H3,(H,56,57). The second-order valence-corrected chi connectivity index (χ2v) is 23.0. The van der Waals surface area contributed by atoms with Crippen LogP contribution in [0.25, 0.3) is 0 Å². The number of carboxylic acids is 1. The Hall–Kier alpha value is -1.47. The SMILES string of the molecule is CC1(C)CC(O)C2(C)CCC3(C)C(=CCC4C5(C)CCC(OC6OC(C(=O)O)C(O)C(O)C6OC6OC(O)C(O)C(O)C6OC6OC(O)C(O)C(O)C6O)C(C)(CO)C5CCC43C)C2C1. The summed E-state index contributed by atoms with van der Waals surface area (Å²) in [6.45, 7) is 15.6. The maximum absolute atomic E-state index is 12.4. The topological polar surface area (TPSA) is 315 Å². The smallest absolute Gasteiger partial charge is 0.335 e. The lowest BCUT2D eigenvalue weighted by atomic mass is 9.33. The molecule has 372 valence electrons. The highest BCUT2D eigenvalue weighted by Gasteiger charge is 2.70. The van der Waals surface area contributed by atoms with Crippen molar-refractivity contribution < 1.29 is 94.5 Å². The van der Waals surface area contributed by atoms with Gasteiger partial charge in [0, 0.05) is 10.8 Å². The first kappa shape index (κ1) is 49.9. The summed E-state index contributed by atoms with van der Waals surface area (Å²) in [5.74, 6) is -1.24. The molecule has 8 rings (SSSR count). The van der Waals surface area contributed by atoms with E-state index in [1.165, 1.54) is 5.57 Å².